The lowest BCUT2D eigenvalue weighted by Crippen LogP contribution is -2.37. The molecule has 0 aliphatic carbocycles. The van der Waals surface area contributed by atoms with Gasteiger partial charge in [-0.05, 0) is 24.9 Å². The first-order valence-electron chi connectivity index (χ1n) is 6.40. The maximum absolute atomic E-state index is 9.15. The second-order valence-corrected chi connectivity index (χ2v) is 4.32. The molecule has 0 saturated heterocycles. The van der Waals surface area contributed by atoms with Gasteiger partial charge in [-0.3, -0.25) is 4.90 Å². The van der Waals surface area contributed by atoms with E-state index in [1.807, 2.05) is 6.07 Å². The Hall–Kier alpha value is -0.900. The summed E-state index contributed by atoms with van der Waals surface area (Å²) in [5, 5.41) is 9.15. The van der Waals surface area contributed by atoms with E-state index in [4.69, 9.17) is 10.8 Å². The number of hydrogen-bond acceptors (Lipinski definition) is 3. The Labute approximate surface area is 104 Å². The second kappa shape index (κ2) is 8.23. The summed E-state index contributed by atoms with van der Waals surface area (Å²) in [7, 11) is 0. The highest BCUT2D eigenvalue weighted by atomic mass is 16.3. The van der Waals surface area contributed by atoms with Crippen LogP contribution in [0.3, 0.4) is 0 Å². The van der Waals surface area contributed by atoms with Crippen molar-refractivity contribution in [2.45, 2.75) is 32.4 Å². The number of aliphatic hydroxyl groups is 1. The summed E-state index contributed by atoms with van der Waals surface area (Å²) in [5.41, 5.74) is 6.93. The maximum atomic E-state index is 9.15. The molecule has 3 heteroatoms. The smallest absolute Gasteiger partial charge is 0.0558 e. The van der Waals surface area contributed by atoms with E-state index in [9.17, 15) is 0 Å². The largest absolute Gasteiger partial charge is 0.395 e. The third-order valence-electron chi connectivity index (χ3n) is 3.10. The van der Waals surface area contributed by atoms with Crippen molar-refractivity contribution in [3.63, 3.8) is 0 Å². The number of aliphatic hydroxyl groups excluding tert-OH is 1. The quantitative estimate of drug-likeness (QED) is 0.721. The Bertz CT molecular complexity index is 290. The zero-order valence-electron chi connectivity index (χ0n) is 10.7. The van der Waals surface area contributed by atoms with Gasteiger partial charge in [0.15, 0.2) is 0 Å². The van der Waals surface area contributed by atoms with Crippen LogP contribution in [-0.4, -0.2) is 35.7 Å². The second-order valence-electron chi connectivity index (χ2n) is 4.32. The fraction of sp³-hybridized carbons (Fsp3) is 0.571. The summed E-state index contributed by atoms with van der Waals surface area (Å²) in [6.45, 7) is 4.69. The van der Waals surface area contributed by atoms with Gasteiger partial charge in [0.1, 0.15) is 0 Å². The average Bonchev–Trinajstić information content (AvgIpc) is 2.37. The van der Waals surface area contributed by atoms with Crippen LogP contribution in [0.2, 0.25) is 0 Å². The molecule has 1 atom stereocenters. The molecule has 0 aliphatic rings. The fourth-order valence-corrected chi connectivity index (χ4v) is 2.17. The molecule has 0 spiro atoms. The third kappa shape index (κ3) is 4.86. The Morgan fingerprint density at radius 1 is 1.29 bits per heavy atom. The van der Waals surface area contributed by atoms with Gasteiger partial charge in [-0.2, -0.15) is 0 Å². The molecule has 1 aromatic rings. The highest BCUT2D eigenvalue weighted by Crippen LogP contribution is 2.12. The van der Waals surface area contributed by atoms with Gasteiger partial charge in [0, 0.05) is 19.1 Å². The van der Waals surface area contributed by atoms with Crippen LogP contribution in [0.4, 0.5) is 0 Å². The average molecular weight is 236 g/mol. The van der Waals surface area contributed by atoms with E-state index in [-0.39, 0.29) is 6.61 Å². The molecule has 3 N–H and O–H groups in total. The molecule has 0 bridgehead atoms. The molecule has 0 fully saturated rings. The Kier molecular flexibility index (Phi) is 6.86. The zero-order chi connectivity index (χ0) is 12.5. The summed E-state index contributed by atoms with van der Waals surface area (Å²) < 4.78 is 0. The molecule has 1 aromatic carbocycles. The number of benzene rings is 1. The Morgan fingerprint density at radius 3 is 2.53 bits per heavy atom. The lowest BCUT2D eigenvalue weighted by Gasteiger charge is -2.30. The summed E-state index contributed by atoms with van der Waals surface area (Å²) >= 11 is 0. The lowest BCUT2D eigenvalue weighted by molar-refractivity contribution is 0.135. The van der Waals surface area contributed by atoms with E-state index >= 15 is 0 Å². The predicted octanol–water partition coefficient (Wildman–Crippen LogP) is 1.61. The molecule has 0 amide bonds. The molecule has 0 radical (unpaired) electrons. The molecule has 0 saturated carbocycles. The van der Waals surface area contributed by atoms with E-state index in [1.165, 1.54) is 5.56 Å². The molecular weight excluding hydrogens is 212 g/mol. The van der Waals surface area contributed by atoms with E-state index in [2.05, 4.69) is 36.1 Å². The first-order chi connectivity index (χ1) is 8.31. The van der Waals surface area contributed by atoms with Gasteiger partial charge >= 0.3 is 0 Å². The summed E-state index contributed by atoms with van der Waals surface area (Å²) in [6.07, 6.45) is 2.06. The highest BCUT2D eigenvalue weighted by Gasteiger charge is 2.15. The van der Waals surface area contributed by atoms with E-state index in [1.54, 1.807) is 0 Å². The molecule has 0 aliphatic heterocycles. The predicted molar refractivity (Wildman–Crippen MR) is 71.7 cm³/mol. The van der Waals surface area contributed by atoms with Gasteiger partial charge in [-0.1, -0.05) is 37.3 Å². The zero-order valence-corrected chi connectivity index (χ0v) is 10.7. The highest BCUT2D eigenvalue weighted by molar-refractivity contribution is 5.14. The van der Waals surface area contributed by atoms with Crippen molar-refractivity contribution in [1.82, 2.24) is 4.90 Å². The first kappa shape index (κ1) is 14.2. The minimum atomic E-state index is 0.202. The molecule has 0 heterocycles. The molecule has 1 rings (SSSR count). The van der Waals surface area contributed by atoms with Crippen molar-refractivity contribution >= 4 is 0 Å². The van der Waals surface area contributed by atoms with Gasteiger partial charge in [0.05, 0.1) is 6.61 Å². The minimum absolute atomic E-state index is 0.202. The number of hydrogen-bond donors (Lipinski definition) is 2. The van der Waals surface area contributed by atoms with Crippen LogP contribution in [-0.2, 0) is 6.54 Å². The maximum Gasteiger partial charge on any atom is 0.0558 e. The number of nitrogens with two attached hydrogens (primary N) is 1. The topological polar surface area (TPSA) is 49.5 Å². The summed E-state index contributed by atoms with van der Waals surface area (Å²) in [4.78, 5) is 2.32. The third-order valence-corrected chi connectivity index (χ3v) is 3.10. The first-order valence-corrected chi connectivity index (χ1v) is 6.40. The van der Waals surface area contributed by atoms with Crippen LogP contribution in [0.15, 0.2) is 30.3 Å². The van der Waals surface area contributed by atoms with Gasteiger partial charge < -0.3 is 10.8 Å². The van der Waals surface area contributed by atoms with Gasteiger partial charge in [0.2, 0.25) is 0 Å². The number of rotatable bonds is 8. The van der Waals surface area contributed by atoms with E-state index in [0.717, 1.165) is 19.4 Å². The van der Waals surface area contributed by atoms with Gasteiger partial charge in [-0.15, -0.1) is 0 Å². The lowest BCUT2D eigenvalue weighted by atomic mass is 10.1. The van der Waals surface area contributed by atoms with Crippen molar-refractivity contribution in [1.29, 1.82) is 0 Å². The molecule has 0 aromatic heterocycles. The molecule has 1 unspecified atom stereocenters. The monoisotopic (exact) mass is 236 g/mol. The molecule has 96 valence electrons. The standard InChI is InChI=1S/C14H24N2O/c1-2-14(8-9-15)16(10-11-17)12-13-6-4-3-5-7-13/h3-7,14,17H,2,8-12,15H2,1H3. The van der Waals surface area contributed by atoms with Gasteiger partial charge in [0.25, 0.3) is 0 Å². The minimum Gasteiger partial charge on any atom is -0.395 e. The summed E-state index contributed by atoms with van der Waals surface area (Å²) in [6, 6.07) is 10.8. The van der Waals surface area contributed by atoms with Crippen LogP contribution in [0.5, 0.6) is 0 Å². The molecule has 3 nitrogen and oxygen atoms in total. The normalized spacial score (nSPS) is 12.9. The van der Waals surface area contributed by atoms with Crippen LogP contribution in [0.25, 0.3) is 0 Å². The van der Waals surface area contributed by atoms with E-state index < -0.39 is 0 Å². The van der Waals surface area contributed by atoms with Crippen LogP contribution < -0.4 is 5.73 Å². The van der Waals surface area contributed by atoms with Crippen molar-refractivity contribution in [2.24, 2.45) is 5.73 Å². The SMILES string of the molecule is CCC(CCN)N(CCO)Cc1ccccc1. The van der Waals surface area contributed by atoms with Crippen molar-refractivity contribution in [3.05, 3.63) is 35.9 Å². The molecular formula is C14H24N2O. The van der Waals surface area contributed by atoms with Crippen LogP contribution in [0, 0.1) is 0 Å². The Morgan fingerprint density at radius 2 is 2.00 bits per heavy atom. The van der Waals surface area contributed by atoms with Crippen molar-refractivity contribution < 1.29 is 5.11 Å². The van der Waals surface area contributed by atoms with Gasteiger partial charge in [-0.25, -0.2) is 0 Å². The Balaban J connectivity index is 2.64. The van der Waals surface area contributed by atoms with Crippen LogP contribution in [0.1, 0.15) is 25.3 Å². The molecule has 17 heavy (non-hydrogen) atoms. The fourth-order valence-electron chi connectivity index (χ4n) is 2.17. The van der Waals surface area contributed by atoms with Crippen molar-refractivity contribution in [3.8, 4) is 0 Å². The van der Waals surface area contributed by atoms with Crippen LogP contribution >= 0.6 is 0 Å². The number of nitrogens with zero attached hydrogens (tertiary/aromatic N) is 1. The van der Waals surface area contributed by atoms with E-state index in [0.29, 0.717) is 19.1 Å². The van der Waals surface area contributed by atoms with Crippen molar-refractivity contribution in [2.75, 3.05) is 19.7 Å². The summed E-state index contributed by atoms with van der Waals surface area (Å²) in [5.74, 6) is 0.